The van der Waals surface area contributed by atoms with Gasteiger partial charge in [0.2, 0.25) is 0 Å². The summed E-state index contributed by atoms with van der Waals surface area (Å²) in [7, 11) is 1.97. The third-order valence-electron chi connectivity index (χ3n) is 2.45. The molecule has 2 bridgehead atoms. The number of piperazine rings is 1. The summed E-state index contributed by atoms with van der Waals surface area (Å²) in [6.45, 7) is 1.74. The van der Waals surface area contributed by atoms with Gasteiger partial charge in [0.15, 0.2) is 0 Å². The first kappa shape index (κ1) is 5.65. The molecule has 0 aromatic carbocycles. The first-order chi connectivity index (χ1) is 4.21. The molecule has 0 saturated carbocycles. The number of hydrogen-bond donors (Lipinski definition) is 2. The summed E-state index contributed by atoms with van der Waals surface area (Å²) in [6.07, 6.45) is 0.906. The maximum absolute atomic E-state index is 9.67. The molecule has 0 aromatic heterocycles. The Morgan fingerprint density at radius 1 is 1.78 bits per heavy atom. The van der Waals surface area contributed by atoms with Gasteiger partial charge in [0, 0.05) is 25.6 Å². The Morgan fingerprint density at radius 3 is 2.78 bits per heavy atom. The lowest BCUT2D eigenvalue weighted by Gasteiger charge is -2.30. The molecule has 0 aromatic rings. The van der Waals surface area contributed by atoms with Crippen LogP contribution in [0.1, 0.15) is 6.42 Å². The molecule has 2 heterocycles. The first-order valence-corrected chi connectivity index (χ1v) is 3.38. The Morgan fingerprint density at radius 2 is 2.56 bits per heavy atom. The molecule has 0 spiro atoms. The molecule has 2 rings (SSSR count). The molecule has 2 atom stereocenters. The van der Waals surface area contributed by atoms with Crippen LogP contribution >= 0.6 is 0 Å². The topological polar surface area (TPSA) is 35.5 Å². The van der Waals surface area contributed by atoms with Gasteiger partial charge in [0.1, 0.15) is 5.72 Å². The fourth-order valence-corrected chi connectivity index (χ4v) is 1.77. The van der Waals surface area contributed by atoms with Crippen molar-refractivity contribution in [3.8, 4) is 0 Å². The number of hydrogen-bond acceptors (Lipinski definition) is 3. The van der Waals surface area contributed by atoms with Gasteiger partial charge >= 0.3 is 0 Å². The number of nitrogens with one attached hydrogen (secondary N) is 1. The van der Waals surface area contributed by atoms with Crippen molar-refractivity contribution in [3.63, 3.8) is 0 Å². The quantitative estimate of drug-likeness (QED) is 0.438. The normalized spacial score (nSPS) is 50.7. The predicted octanol–water partition coefficient (Wildman–Crippen LogP) is -1.02. The van der Waals surface area contributed by atoms with Gasteiger partial charge in [-0.25, -0.2) is 0 Å². The second-order valence-electron chi connectivity index (χ2n) is 3.14. The van der Waals surface area contributed by atoms with E-state index in [1.807, 2.05) is 11.9 Å². The molecule has 9 heavy (non-hydrogen) atoms. The summed E-state index contributed by atoms with van der Waals surface area (Å²) >= 11 is 0. The lowest BCUT2D eigenvalue weighted by Crippen LogP contribution is -2.50. The maximum Gasteiger partial charge on any atom is 0.132 e. The van der Waals surface area contributed by atoms with Gasteiger partial charge in [-0.3, -0.25) is 4.90 Å². The molecule has 2 unspecified atom stereocenters. The van der Waals surface area contributed by atoms with E-state index in [4.69, 9.17) is 0 Å². The van der Waals surface area contributed by atoms with Crippen molar-refractivity contribution in [2.24, 2.45) is 0 Å². The van der Waals surface area contributed by atoms with E-state index in [1.54, 1.807) is 0 Å². The van der Waals surface area contributed by atoms with E-state index in [0.29, 0.717) is 6.04 Å². The summed E-state index contributed by atoms with van der Waals surface area (Å²) in [5, 5.41) is 12.9. The van der Waals surface area contributed by atoms with Gasteiger partial charge in [0.05, 0.1) is 0 Å². The SMILES string of the molecule is CN1CC2CC1(O)CN2. The molecule has 3 nitrogen and oxygen atoms in total. The third kappa shape index (κ3) is 0.625. The molecule has 2 aliphatic rings. The van der Waals surface area contributed by atoms with Gasteiger partial charge in [-0.05, 0) is 7.05 Å². The molecule has 3 heteroatoms. The fourth-order valence-electron chi connectivity index (χ4n) is 1.77. The smallest absolute Gasteiger partial charge is 0.132 e. The van der Waals surface area contributed by atoms with Crippen LogP contribution in [-0.2, 0) is 0 Å². The average molecular weight is 128 g/mol. The van der Waals surface area contributed by atoms with Crippen LogP contribution in [0.5, 0.6) is 0 Å². The van der Waals surface area contributed by atoms with Crippen LogP contribution in [0, 0.1) is 0 Å². The second kappa shape index (κ2) is 1.48. The zero-order valence-corrected chi connectivity index (χ0v) is 5.59. The van der Waals surface area contributed by atoms with E-state index in [9.17, 15) is 5.11 Å². The standard InChI is InChI=1S/C6H12N2O/c1-8-3-5-2-6(8,9)4-7-5/h5,7,9H,2-4H2,1H3. The van der Waals surface area contributed by atoms with Crippen LogP contribution < -0.4 is 5.32 Å². The summed E-state index contributed by atoms with van der Waals surface area (Å²) in [6, 6.07) is 0.542. The molecular formula is C6H12N2O. The van der Waals surface area contributed by atoms with Crippen molar-refractivity contribution in [1.82, 2.24) is 10.2 Å². The van der Waals surface area contributed by atoms with Crippen molar-refractivity contribution in [3.05, 3.63) is 0 Å². The van der Waals surface area contributed by atoms with Crippen LogP contribution in [0.2, 0.25) is 0 Å². The molecule has 2 aliphatic heterocycles. The van der Waals surface area contributed by atoms with E-state index in [0.717, 1.165) is 19.5 Å². The molecule has 0 amide bonds. The van der Waals surface area contributed by atoms with E-state index < -0.39 is 5.72 Å². The van der Waals surface area contributed by atoms with E-state index in [-0.39, 0.29) is 0 Å². The number of likely N-dealkylation sites (N-methyl/N-ethyl adjacent to an activating group) is 1. The number of aliphatic hydroxyl groups is 1. The van der Waals surface area contributed by atoms with E-state index in [1.165, 1.54) is 0 Å². The largest absolute Gasteiger partial charge is 0.374 e. The Bertz CT molecular complexity index is 139. The number of rotatable bonds is 0. The van der Waals surface area contributed by atoms with Crippen molar-refractivity contribution in [2.75, 3.05) is 20.1 Å². The van der Waals surface area contributed by atoms with Crippen molar-refractivity contribution >= 4 is 0 Å². The number of nitrogens with zero attached hydrogens (tertiary/aromatic N) is 1. The van der Waals surface area contributed by atoms with Crippen LogP contribution in [0.3, 0.4) is 0 Å². The Kier molecular flexibility index (Phi) is 0.928. The summed E-state index contributed by atoms with van der Waals surface area (Å²) in [5.74, 6) is 0. The van der Waals surface area contributed by atoms with Gasteiger partial charge in [-0.1, -0.05) is 0 Å². The first-order valence-electron chi connectivity index (χ1n) is 3.38. The highest BCUT2D eigenvalue weighted by atomic mass is 16.3. The van der Waals surface area contributed by atoms with Gasteiger partial charge in [-0.2, -0.15) is 0 Å². The predicted molar refractivity (Wildman–Crippen MR) is 34.0 cm³/mol. The minimum absolute atomic E-state index is 0.509. The average Bonchev–Trinajstić information content (AvgIpc) is 2.22. The molecule has 0 radical (unpaired) electrons. The van der Waals surface area contributed by atoms with Crippen molar-refractivity contribution < 1.29 is 5.11 Å². The summed E-state index contributed by atoms with van der Waals surface area (Å²) in [4.78, 5) is 2.02. The summed E-state index contributed by atoms with van der Waals surface area (Å²) < 4.78 is 0. The number of β-amino-alcohol motifs (C(OH)–C–C–N with tert-alkyl or cyclic N) is 1. The molecule has 0 aliphatic carbocycles. The van der Waals surface area contributed by atoms with Gasteiger partial charge < -0.3 is 10.4 Å². The Hall–Kier alpha value is -0.120. The second-order valence-corrected chi connectivity index (χ2v) is 3.14. The number of fused-ring (bicyclic) bond motifs is 2. The van der Waals surface area contributed by atoms with Crippen molar-refractivity contribution in [2.45, 2.75) is 18.2 Å². The van der Waals surface area contributed by atoms with Crippen LogP contribution in [0.4, 0.5) is 0 Å². The lowest BCUT2D eigenvalue weighted by molar-refractivity contribution is -0.0594. The minimum Gasteiger partial charge on any atom is -0.374 e. The molecule has 52 valence electrons. The van der Waals surface area contributed by atoms with Crippen LogP contribution in [0.25, 0.3) is 0 Å². The molecule has 2 fully saturated rings. The lowest BCUT2D eigenvalue weighted by atomic mass is 10.2. The zero-order chi connectivity index (χ0) is 6.48. The monoisotopic (exact) mass is 128 g/mol. The highest BCUT2D eigenvalue weighted by molar-refractivity contribution is 5.01. The highest BCUT2D eigenvalue weighted by Gasteiger charge is 2.47. The van der Waals surface area contributed by atoms with Crippen molar-refractivity contribution in [1.29, 1.82) is 0 Å². The summed E-state index contributed by atoms with van der Waals surface area (Å²) in [5.41, 5.74) is -0.509. The molecule has 2 saturated heterocycles. The minimum atomic E-state index is -0.509. The zero-order valence-electron chi connectivity index (χ0n) is 5.59. The van der Waals surface area contributed by atoms with Gasteiger partial charge in [-0.15, -0.1) is 0 Å². The van der Waals surface area contributed by atoms with Gasteiger partial charge in [0.25, 0.3) is 0 Å². The van der Waals surface area contributed by atoms with Crippen LogP contribution in [0.15, 0.2) is 0 Å². The molecular weight excluding hydrogens is 116 g/mol. The Labute approximate surface area is 54.7 Å². The van der Waals surface area contributed by atoms with Crippen LogP contribution in [-0.4, -0.2) is 41.9 Å². The maximum atomic E-state index is 9.67. The highest BCUT2D eigenvalue weighted by Crippen LogP contribution is 2.29. The van der Waals surface area contributed by atoms with E-state index in [2.05, 4.69) is 5.32 Å². The number of likely N-dealkylation sites (tertiary alicyclic amines) is 1. The molecule has 2 N–H and O–H groups in total. The third-order valence-corrected chi connectivity index (χ3v) is 2.45. The fraction of sp³-hybridized carbons (Fsp3) is 1.00. The van der Waals surface area contributed by atoms with E-state index >= 15 is 0 Å². The Balaban J connectivity index is 2.22.